The molecule has 3 rings (SSSR count). The van der Waals surface area contributed by atoms with Crippen LogP contribution >= 0.6 is 11.3 Å². The number of para-hydroxylation sites is 2. The van der Waals surface area contributed by atoms with Gasteiger partial charge in [0.1, 0.15) is 6.04 Å². The molecule has 2 heterocycles. The fourth-order valence-corrected chi connectivity index (χ4v) is 3.04. The summed E-state index contributed by atoms with van der Waals surface area (Å²) in [6.07, 6.45) is 1.34. The molecular formula is C17H18N4O2S. The number of benzene rings is 1. The molecule has 0 bridgehead atoms. The minimum absolute atomic E-state index is 0.233. The van der Waals surface area contributed by atoms with Crippen LogP contribution in [0.4, 0.5) is 5.95 Å². The van der Waals surface area contributed by atoms with Gasteiger partial charge in [0.05, 0.1) is 15.9 Å². The lowest BCUT2D eigenvalue weighted by molar-refractivity contribution is -0.118. The maximum Gasteiger partial charge on any atom is 0.261 e. The number of fused-ring (bicyclic) bond motifs is 1. The number of aromatic amines is 1. The van der Waals surface area contributed by atoms with E-state index in [0.29, 0.717) is 17.2 Å². The molecule has 0 aliphatic heterocycles. The van der Waals surface area contributed by atoms with Gasteiger partial charge in [0.15, 0.2) is 0 Å². The number of thiophene rings is 1. The number of hydrogen-bond donors (Lipinski definition) is 3. The van der Waals surface area contributed by atoms with Gasteiger partial charge in [-0.15, -0.1) is 11.3 Å². The van der Waals surface area contributed by atoms with Crippen molar-refractivity contribution in [2.45, 2.75) is 25.8 Å². The van der Waals surface area contributed by atoms with Gasteiger partial charge in [-0.25, -0.2) is 4.98 Å². The van der Waals surface area contributed by atoms with Gasteiger partial charge in [-0.05, 0) is 30.0 Å². The van der Waals surface area contributed by atoms with Crippen LogP contribution in [0.5, 0.6) is 0 Å². The lowest BCUT2D eigenvalue weighted by Gasteiger charge is -2.16. The molecule has 1 aromatic carbocycles. The molecule has 3 N–H and O–H groups in total. The van der Waals surface area contributed by atoms with Gasteiger partial charge in [-0.3, -0.25) is 14.9 Å². The number of nitrogens with one attached hydrogen (secondary N) is 3. The number of carbonyl (C=O) groups excluding carboxylic acids is 2. The van der Waals surface area contributed by atoms with E-state index in [0.717, 1.165) is 17.5 Å². The Balaban J connectivity index is 1.70. The van der Waals surface area contributed by atoms with E-state index in [1.165, 1.54) is 11.3 Å². The van der Waals surface area contributed by atoms with E-state index in [4.69, 9.17) is 0 Å². The molecule has 1 atom stereocenters. The molecule has 2 amide bonds. The second kappa shape index (κ2) is 7.27. The third kappa shape index (κ3) is 3.62. The van der Waals surface area contributed by atoms with E-state index < -0.39 is 6.04 Å². The fraction of sp³-hybridized carbons (Fsp3) is 0.235. The van der Waals surface area contributed by atoms with Crippen molar-refractivity contribution in [3.8, 4) is 0 Å². The number of hydrogen-bond acceptors (Lipinski definition) is 4. The molecule has 0 saturated carbocycles. The number of anilines is 1. The first kappa shape index (κ1) is 16.2. The van der Waals surface area contributed by atoms with Gasteiger partial charge in [-0.2, -0.15) is 0 Å². The van der Waals surface area contributed by atoms with Crippen LogP contribution < -0.4 is 10.6 Å². The predicted octanol–water partition coefficient (Wildman–Crippen LogP) is 3.16. The second-order valence-electron chi connectivity index (χ2n) is 5.38. The zero-order valence-electron chi connectivity index (χ0n) is 13.2. The highest BCUT2D eigenvalue weighted by Gasteiger charge is 2.22. The number of imidazole rings is 1. The molecule has 124 valence electrons. The lowest BCUT2D eigenvalue weighted by atomic mass is 10.1. The van der Waals surface area contributed by atoms with E-state index in [9.17, 15) is 9.59 Å². The first-order valence-electron chi connectivity index (χ1n) is 7.77. The van der Waals surface area contributed by atoms with E-state index in [-0.39, 0.29) is 11.8 Å². The molecule has 24 heavy (non-hydrogen) atoms. The summed E-state index contributed by atoms with van der Waals surface area (Å²) in [5, 5.41) is 7.37. The molecule has 0 saturated heterocycles. The molecule has 0 aliphatic rings. The lowest BCUT2D eigenvalue weighted by Crippen LogP contribution is -2.43. The molecule has 1 unspecified atom stereocenters. The molecule has 0 fully saturated rings. The highest BCUT2D eigenvalue weighted by Crippen LogP contribution is 2.14. The van der Waals surface area contributed by atoms with Gasteiger partial charge in [0.25, 0.3) is 5.91 Å². The summed E-state index contributed by atoms with van der Waals surface area (Å²) in [5.74, 6) is -0.128. The predicted molar refractivity (Wildman–Crippen MR) is 95.2 cm³/mol. The minimum Gasteiger partial charge on any atom is -0.340 e. The summed E-state index contributed by atoms with van der Waals surface area (Å²) in [5.41, 5.74) is 1.63. The molecule has 0 aliphatic carbocycles. The zero-order valence-corrected chi connectivity index (χ0v) is 14.0. The Morgan fingerprint density at radius 3 is 2.79 bits per heavy atom. The maximum atomic E-state index is 12.5. The molecule has 0 radical (unpaired) electrons. The standard InChI is InChI=1S/C17H18N4O2S/c1-2-6-13(18-16(23)14-9-5-10-24-14)15(22)21-17-19-11-7-3-4-8-12(11)20-17/h3-5,7-10,13H,2,6H2,1H3,(H,18,23)(H2,19,20,21,22). The second-order valence-corrected chi connectivity index (χ2v) is 6.33. The number of nitrogens with zero attached hydrogens (tertiary/aromatic N) is 1. The van der Waals surface area contributed by atoms with Gasteiger partial charge in [0.2, 0.25) is 11.9 Å². The average molecular weight is 342 g/mol. The molecule has 7 heteroatoms. The summed E-state index contributed by atoms with van der Waals surface area (Å²) >= 11 is 1.35. The molecule has 6 nitrogen and oxygen atoms in total. The van der Waals surface area contributed by atoms with Gasteiger partial charge >= 0.3 is 0 Å². The molecule has 3 aromatic rings. The van der Waals surface area contributed by atoms with Gasteiger partial charge in [0, 0.05) is 0 Å². The van der Waals surface area contributed by atoms with Crippen LogP contribution in [0.1, 0.15) is 29.4 Å². The largest absolute Gasteiger partial charge is 0.340 e. The fourth-order valence-electron chi connectivity index (χ4n) is 2.41. The highest BCUT2D eigenvalue weighted by atomic mass is 32.1. The zero-order chi connectivity index (χ0) is 16.9. The van der Waals surface area contributed by atoms with Crippen molar-refractivity contribution in [2.24, 2.45) is 0 Å². The van der Waals surface area contributed by atoms with E-state index in [2.05, 4.69) is 20.6 Å². The van der Waals surface area contributed by atoms with Crippen LogP contribution in [-0.2, 0) is 4.79 Å². The molecule has 0 spiro atoms. The Kier molecular flexibility index (Phi) is 4.90. The Morgan fingerprint density at radius 1 is 1.25 bits per heavy atom. The summed E-state index contributed by atoms with van der Waals surface area (Å²) in [6.45, 7) is 1.97. The first-order valence-corrected chi connectivity index (χ1v) is 8.65. The van der Waals surface area contributed by atoms with Crippen molar-refractivity contribution in [3.05, 3.63) is 46.7 Å². The number of rotatable bonds is 6. The maximum absolute atomic E-state index is 12.5. The van der Waals surface area contributed by atoms with Crippen LogP contribution in [0.25, 0.3) is 11.0 Å². The Labute approximate surface area is 143 Å². The van der Waals surface area contributed by atoms with E-state index >= 15 is 0 Å². The third-order valence-electron chi connectivity index (χ3n) is 3.58. The topological polar surface area (TPSA) is 86.9 Å². The number of H-pyrrole nitrogens is 1. The van der Waals surface area contributed by atoms with Crippen molar-refractivity contribution < 1.29 is 9.59 Å². The Morgan fingerprint density at radius 2 is 2.08 bits per heavy atom. The van der Waals surface area contributed by atoms with Crippen molar-refractivity contribution in [2.75, 3.05) is 5.32 Å². The number of amides is 2. The Hall–Kier alpha value is -2.67. The van der Waals surface area contributed by atoms with Crippen molar-refractivity contribution in [3.63, 3.8) is 0 Å². The normalized spacial score (nSPS) is 12.0. The van der Waals surface area contributed by atoms with Gasteiger partial charge < -0.3 is 10.3 Å². The van der Waals surface area contributed by atoms with Crippen molar-refractivity contribution in [1.82, 2.24) is 15.3 Å². The summed E-state index contributed by atoms with van der Waals surface area (Å²) in [7, 11) is 0. The molecular weight excluding hydrogens is 324 g/mol. The first-order chi connectivity index (χ1) is 11.7. The molecule has 2 aromatic heterocycles. The third-order valence-corrected chi connectivity index (χ3v) is 4.44. The van der Waals surface area contributed by atoms with Crippen LogP contribution in [0, 0.1) is 0 Å². The van der Waals surface area contributed by atoms with Crippen molar-refractivity contribution >= 4 is 40.1 Å². The van der Waals surface area contributed by atoms with Crippen LogP contribution in [-0.4, -0.2) is 27.8 Å². The quantitative estimate of drug-likeness (QED) is 0.643. The summed E-state index contributed by atoms with van der Waals surface area (Å²) in [4.78, 5) is 32.7. The number of aromatic nitrogens is 2. The minimum atomic E-state index is -0.599. The van der Waals surface area contributed by atoms with Crippen LogP contribution in [0.15, 0.2) is 41.8 Å². The average Bonchev–Trinajstić information content (AvgIpc) is 3.23. The number of carbonyl (C=O) groups is 2. The SMILES string of the molecule is CCCC(NC(=O)c1cccs1)C(=O)Nc1nc2ccccc2[nH]1. The summed E-state index contributed by atoms with van der Waals surface area (Å²) in [6, 6.07) is 10.5. The van der Waals surface area contributed by atoms with Crippen LogP contribution in [0.2, 0.25) is 0 Å². The monoisotopic (exact) mass is 342 g/mol. The summed E-state index contributed by atoms with van der Waals surface area (Å²) < 4.78 is 0. The van der Waals surface area contributed by atoms with Crippen molar-refractivity contribution in [1.29, 1.82) is 0 Å². The Bertz CT molecular complexity index is 808. The smallest absolute Gasteiger partial charge is 0.261 e. The van der Waals surface area contributed by atoms with E-state index in [1.54, 1.807) is 6.07 Å². The van der Waals surface area contributed by atoms with E-state index in [1.807, 2.05) is 42.6 Å². The van der Waals surface area contributed by atoms with Gasteiger partial charge in [-0.1, -0.05) is 31.5 Å². The van der Waals surface area contributed by atoms with Crippen LogP contribution in [0.3, 0.4) is 0 Å². The highest BCUT2D eigenvalue weighted by molar-refractivity contribution is 7.12.